The van der Waals surface area contributed by atoms with Gasteiger partial charge in [0.15, 0.2) is 22.5 Å². The van der Waals surface area contributed by atoms with E-state index < -0.39 is 0 Å². The molecule has 0 unspecified atom stereocenters. The summed E-state index contributed by atoms with van der Waals surface area (Å²) in [6.45, 7) is 3.98. The topological polar surface area (TPSA) is 36.5 Å². The number of rotatable bonds is 8. The Morgan fingerprint density at radius 3 is 2.27 bits per heavy atom. The van der Waals surface area contributed by atoms with Gasteiger partial charge in [-0.25, -0.2) is 9.13 Å². The number of methoxy groups -OCH3 is 3. The standard InChI is InChI=1S/C21H27N2O3/c1-5-6-11-22-15-23(18-10-8-7-9-17(18)22)14-16-12-19(24-2)21(26-4)20(13-16)25-3/h7-10,12-13,15H,5-6,11,14H2,1-4H3/q+1. The molecule has 0 atom stereocenters. The summed E-state index contributed by atoms with van der Waals surface area (Å²) >= 11 is 0. The maximum absolute atomic E-state index is 5.48. The molecule has 0 saturated carbocycles. The van der Waals surface area contributed by atoms with Gasteiger partial charge >= 0.3 is 0 Å². The number of aryl methyl sites for hydroxylation is 1. The predicted molar refractivity (Wildman–Crippen MR) is 102 cm³/mol. The average molecular weight is 355 g/mol. The molecule has 0 aliphatic heterocycles. The minimum atomic E-state index is 0.620. The number of imidazole rings is 1. The summed E-state index contributed by atoms with van der Waals surface area (Å²) in [6, 6.07) is 12.5. The van der Waals surface area contributed by atoms with Crippen molar-refractivity contribution in [3.63, 3.8) is 0 Å². The van der Waals surface area contributed by atoms with Crippen LogP contribution in [-0.4, -0.2) is 25.9 Å². The van der Waals surface area contributed by atoms with Gasteiger partial charge in [0.25, 0.3) is 0 Å². The lowest BCUT2D eigenvalue weighted by Gasteiger charge is -2.13. The minimum absolute atomic E-state index is 0.620. The number of para-hydroxylation sites is 2. The molecule has 0 radical (unpaired) electrons. The van der Waals surface area contributed by atoms with Crippen LogP contribution in [0.2, 0.25) is 0 Å². The van der Waals surface area contributed by atoms with Crippen LogP contribution in [0.5, 0.6) is 17.2 Å². The Hall–Kier alpha value is -2.69. The minimum Gasteiger partial charge on any atom is -0.493 e. The molecule has 0 bridgehead atoms. The molecule has 0 spiro atoms. The fourth-order valence-corrected chi connectivity index (χ4v) is 3.30. The Bertz CT molecular complexity index is 861. The van der Waals surface area contributed by atoms with Crippen molar-refractivity contribution in [3.05, 3.63) is 48.3 Å². The Balaban J connectivity index is 2.01. The molecule has 0 amide bonds. The molecule has 0 N–H and O–H groups in total. The van der Waals surface area contributed by atoms with Crippen LogP contribution in [0.15, 0.2) is 42.7 Å². The Morgan fingerprint density at radius 1 is 0.962 bits per heavy atom. The first-order valence-electron chi connectivity index (χ1n) is 8.98. The number of aromatic nitrogens is 2. The van der Waals surface area contributed by atoms with Crippen LogP contribution >= 0.6 is 0 Å². The van der Waals surface area contributed by atoms with Gasteiger partial charge in [0, 0.05) is 5.56 Å². The van der Waals surface area contributed by atoms with E-state index in [-0.39, 0.29) is 0 Å². The van der Waals surface area contributed by atoms with E-state index in [1.165, 1.54) is 23.9 Å². The molecule has 2 aromatic carbocycles. The molecule has 5 nitrogen and oxygen atoms in total. The first kappa shape index (κ1) is 18.1. The van der Waals surface area contributed by atoms with E-state index in [0.29, 0.717) is 17.2 Å². The van der Waals surface area contributed by atoms with Crippen molar-refractivity contribution in [2.75, 3.05) is 21.3 Å². The van der Waals surface area contributed by atoms with Crippen LogP contribution < -0.4 is 18.8 Å². The second kappa shape index (κ2) is 8.13. The van der Waals surface area contributed by atoms with E-state index in [1.54, 1.807) is 21.3 Å². The third-order valence-electron chi connectivity index (χ3n) is 4.61. The quantitative estimate of drug-likeness (QED) is 0.577. The second-order valence-corrected chi connectivity index (χ2v) is 6.31. The molecule has 1 aromatic heterocycles. The number of nitrogens with zero attached hydrogens (tertiary/aromatic N) is 2. The molecular weight excluding hydrogens is 328 g/mol. The van der Waals surface area contributed by atoms with Crippen molar-refractivity contribution >= 4 is 11.0 Å². The van der Waals surface area contributed by atoms with Crippen LogP contribution in [0.4, 0.5) is 0 Å². The average Bonchev–Trinajstić information content (AvgIpc) is 3.03. The van der Waals surface area contributed by atoms with E-state index in [9.17, 15) is 0 Å². The Labute approximate surface area is 154 Å². The molecule has 0 aliphatic rings. The number of benzene rings is 2. The molecule has 26 heavy (non-hydrogen) atoms. The molecule has 3 rings (SSSR count). The SMILES string of the molecule is CCCCn1c[n+](Cc2cc(OC)c(OC)c(OC)c2)c2ccccc21. The summed E-state index contributed by atoms with van der Waals surface area (Å²) in [5.74, 6) is 1.98. The van der Waals surface area contributed by atoms with Gasteiger partial charge in [-0.15, -0.1) is 0 Å². The van der Waals surface area contributed by atoms with E-state index in [4.69, 9.17) is 14.2 Å². The normalized spacial score (nSPS) is 10.9. The third kappa shape index (κ3) is 3.47. The van der Waals surface area contributed by atoms with Gasteiger partial charge in [-0.2, -0.15) is 0 Å². The van der Waals surface area contributed by atoms with Crippen LogP contribution in [0.1, 0.15) is 25.3 Å². The lowest BCUT2D eigenvalue weighted by atomic mass is 10.1. The van der Waals surface area contributed by atoms with E-state index in [1.807, 2.05) is 12.1 Å². The molecule has 0 aliphatic carbocycles. The van der Waals surface area contributed by atoms with Crippen molar-refractivity contribution in [3.8, 4) is 17.2 Å². The summed E-state index contributed by atoms with van der Waals surface area (Å²) < 4.78 is 21.0. The van der Waals surface area contributed by atoms with Crippen LogP contribution in [0.3, 0.4) is 0 Å². The van der Waals surface area contributed by atoms with E-state index in [2.05, 4.69) is 46.7 Å². The summed E-state index contributed by atoms with van der Waals surface area (Å²) in [4.78, 5) is 0. The van der Waals surface area contributed by atoms with Gasteiger partial charge in [-0.3, -0.25) is 0 Å². The van der Waals surface area contributed by atoms with Gasteiger partial charge < -0.3 is 14.2 Å². The van der Waals surface area contributed by atoms with Crippen molar-refractivity contribution in [1.29, 1.82) is 0 Å². The molecule has 5 heteroatoms. The van der Waals surface area contributed by atoms with Gasteiger partial charge in [0.1, 0.15) is 6.54 Å². The van der Waals surface area contributed by atoms with Gasteiger partial charge in [0.2, 0.25) is 12.1 Å². The van der Waals surface area contributed by atoms with E-state index >= 15 is 0 Å². The zero-order valence-electron chi connectivity index (χ0n) is 16.0. The Kier molecular flexibility index (Phi) is 5.66. The number of hydrogen-bond acceptors (Lipinski definition) is 3. The first-order chi connectivity index (χ1) is 12.7. The highest BCUT2D eigenvalue weighted by atomic mass is 16.5. The van der Waals surface area contributed by atoms with Crippen LogP contribution in [-0.2, 0) is 13.1 Å². The highest BCUT2D eigenvalue weighted by Crippen LogP contribution is 2.38. The lowest BCUT2D eigenvalue weighted by molar-refractivity contribution is -0.663. The van der Waals surface area contributed by atoms with Crippen LogP contribution in [0, 0.1) is 0 Å². The Morgan fingerprint density at radius 2 is 1.65 bits per heavy atom. The molecule has 0 saturated heterocycles. The van der Waals surface area contributed by atoms with Gasteiger partial charge in [-0.1, -0.05) is 25.5 Å². The fourth-order valence-electron chi connectivity index (χ4n) is 3.30. The number of fused-ring (bicyclic) bond motifs is 1. The second-order valence-electron chi connectivity index (χ2n) is 6.31. The summed E-state index contributed by atoms with van der Waals surface area (Å²) in [5, 5.41) is 0. The van der Waals surface area contributed by atoms with Crippen molar-refractivity contribution in [1.82, 2.24) is 4.57 Å². The van der Waals surface area contributed by atoms with E-state index in [0.717, 1.165) is 18.7 Å². The summed E-state index contributed by atoms with van der Waals surface area (Å²) in [6.07, 6.45) is 4.55. The number of hydrogen-bond donors (Lipinski definition) is 0. The fraction of sp³-hybridized carbons (Fsp3) is 0.381. The highest BCUT2D eigenvalue weighted by molar-refractivity contribution is 5.71. The summed E-state index contributed by atoms with van der Waals surface area (Å²) in [7, 11) is 4.91. The number of unbranched alkanes of at least 4 members (excludes halogenated alkanes) is 1. The third-order valence-corrected chi connectivity index (χ3v) is 4.61. The zero-order chi connectivity index (χ0) is 18.5. The van der Waals surface area contributed by atoms with Crippen molar-refractivity contribution < 1.29 is 18.8 Å². The van der Waals surface area contributed by atoms with Crippen molar-refractivity contribution in [2.45, 2.75) is 32.9 Å². The molecule has 1 heterocycles. The zero-order valence-corrected chi connectivity index (χ0v) is 16.0. The van der Waals surface area contributed by atoms with Gasteiger partial charge in [0.05, 0.1) is 27.9 Å². The molecule has 3 aromatic rings. The summed E-state index contributed by atoms with van der Waals surface area (Å²) in [5.41, 5.74) is 3.58. The predicted octanol–water partition coefficient (Wildman–Crippen LogP) is 3.80. The van der Waals surface area contributed by atoms with Gasteiger partial charge in [-0.05, 0) is 30.7 Å². The first-order valence-corrected chi connectivity index (χ1v) is 8.98. The number of ether oxygens (including phenoxy) is 3. The maximum Gasteiger partial charge on any atom is 0.245 e. The molecule has 138 valence electrons. The maximum atomic E-state index is 5.48. The highest BCUT2D eigenvalue weighted by Gasteiger charge is 2.18. The smallest absolute Gasteiger partial charge is 0.245 e. The van der Waals surface area contributed by atoms with Crippen molar-refractivity contribution in [2.24, 2.45) is 0 Å². The molecule has 0 fully saturated rings. The lowest BCUT2D eigenvalue weighted by Crippen LogP contribution is -2.32. The largest absolute Gasteiger partial charge is 0.493 e. The monoisotopic (exact) mass is 355 g/mol. The molecular formula is C21H27N2O3+. The van der Waals surface area contributed by atoms with Crippen LogP contribution in [0.25, 0.3) is 11.0 Å².